The molecule has 0 radical (unpaired) electrons. The maximum atomic E-state index is 10.7. The van der Waals surface area contributed by atoms with Gasteiger partial charge in [0.25, 0.3) is 0 Å². The SMILES string of the molecule is CC(C)=C(C)C(=O)N=[N+]=N. The van der Waals surface area contributed by atoms with Crippen LogP contribution in [-0.4, -0.2) is 5.91 Å². The van der Waals surface area contributed by atoms with E-state index in [1.807, 2.05) is 13.8 Å². The Morgan fingerprint density at radius 2 is 1.90 bits per heavy atom. The van der Waals surface area contributed by atoms with E-state index < -0.39 is 5.91 Å². The van der Waals surface area contributed by atoms with Crippen LogP contribution in [0.15, 0.2) is 16.3 Å². The molecule has 0 fully saturated rings. The zero-order valence-electron chi connectivity index (χ0n) is 6.30. The molecule has 0 aromatic carbocycles. The van der Waals surface area contributed by atoms with Gasteiger partial charge in [-0.15, -0.1) is 0 Å². The Kier molecular flexibility index (Phi) is 3.22. The second kappa shape index (κ2) is 3.69. The molecule has 1 amide bonds. The number of nitrogens with one attached hydrogen (secondary N) is 1. The number of hydrogen-bond acceptors (Lipinski definition) is 2. The second-order valence-corrected chi connectivity index (χ2v) is 2.13. The highest BCUT2D eigenvalue weighted by Crippen LogP contribution is 2.02. The van der Waals surface area contributed by atoms with Crippen LogP contribution in [0.2, 0.25) is 0 Å². The Bertz CT molecular complexity index is 219. The van der Waals surface area contributed by atoms with E-state index in [2.05, 4.69) is 10.0 Å². The number of amides is 1. The summed E-state index contributed by atoms with van der Waals surface area (Å²) in [5.41, 5.74) is 7.73. The lowest BCUT2D eigenvalue weighted by Crippen LogP contribution is -1.96. The Balaban J connectivity index is 4.53. The Morgan fingerprint density at radius 3 is 2.20 bits per heavy atom. The highest BCUT2D eigenvalue weighted by molar-refractivity contribution is 5.93. The molecule has 54 valence electrons. The van der Waals surface area contributed by atoms with Crippen LogP contribution in [-0.2, 0) is 4.79 Å². The van der Waals surface area contributed by atoms with E-state index in [0.29, 0.717) is 5.57 Å². The number of allylic oxidation sites excluding steroid dienone is 1. The van der Waals surface area contributed by atoms with E-state index >= 15 is 0 Å². The largest absolute Gasteiger partial charge is 0.356 e. The molecule has 0 unspecified atom stereocenters. The monoisotopic (exact) mass is 140 g/mol. The van der Waals surface area contributed by atoms with E-state index in [-0.39, 0.29) is 0 Å². The van der Waals surface area contributed by atoms with Crippen LogP contribution in [0.5, 0.6) is 0 Å². The molecule has 0 aliphatic heterocycles. The van der Waals surface area contributed by atoms with Crippen molar-refractivity contribution in [3.63, 3.8) is 0 Å². The third-order valence-electron chi connectivity index (χ3n) is 1.21. The van der Waals surface area contributed by atoms with E-state index in [1.54, 1.807) is 6.92 Å². The quantitative estimate of drug-likeness (QED) is 0.334. The van der Waals surface area contributed by atoms with E-state index in [0.717, 1.165) is 5.57 Å². The van der Waals surface area contributed by atoms with Crippen molar-refractivity contribution < 1.29 is 4.79 Å². The van der Waals surface area contributed by atoms with Crippen LogP contribution in [0.3, 0.4) is 0 Å². The van der Waals surface area contributed by atoms with Crippen LogP contribution in [0, 0.1) is 5.53 Å². The lowest BCUT2D eigenvalue weighted by Gasteiger charge is -1.90. The summed E-state index contributed by atoms with van der Waals surface area (Å²) in [6, 6.07) is 0. The summed E-state index contributed by atoms with van der Waals surface area (Å²) in [6.45, 7) is 5.28. The fourth-order valence-corrected chi connectivity index (χ4v) is 0.334. The summed E-state index contributed by atoms with van der Waals surface area (Å²) < 4.78 is 0. The van der Waals surface area contributed by atoms with Crippen LogP contribution < -0.4 is 4.91 Å². The highest BCUT2D eigenvalue weighted by Gasteiger charge is 2.08. The van der Waals surface area contributed by atoms with Crippen molar-refractivity contribution in [3.05, 3.63) is 11.1 Å². The van der Waals surface area contributed by atoms with Gasteiger partial charge < -0.3 is 0 Å². The average molecular weight is 140 g/mol. The van der Waals surface area contributed by atoms with Gasteiger partial charge in [0, 0.05) is 5.57 Å². The van der Waals surface area contributed by atoms with Crippen molar-refractivity contribution in [2.75, 3.05) is 0 Å². The fourth-order valence-electron chi connectivity index (χ4n) is 0.334. The lowest BCUT2D eigenvalue weighted by atomic mass is 10.2. The zero-order chi connectivity index (χ0) is 8.15. The topological polar surface area (TPSA) is 67.4 Å². The van der Waals surface area contributed by atoms with Crippen molar-refractivity contribution in [1.29, 1.82) is 5.53 Å². The van der Waals surface area contributed by atoms with Gasteiger partial charge in [0.05, 0.1) is 0 Å². The maximum absolute atomic E-state index is 10.7. The lowest BCUT2D eigenvalue weighted by molar-refractivity contribution is -0.115. The number of rotatable bonds is 1. The first kappa shape index (κ1) is 8.72. The second-order valence-electron chi connectivity index (χ2n) is 2.13. The predicted molar refractivity (Wildman–Crippen MR) is 36.3 cm³/mol. The van der Waals surface area contributed by atoms with Gasteiger partial charge in [0.1, 0.15) is 5.53 Å². The Morgan fingerprint density at radius 1 is 1.40 bits per heavy atom. The van der Waals surface area contributed by atoms with E-state index in [1.165, 1.54) is 0 Å². The van der Waals surface area contributed by atoms with Crippen molar-refractivity contribution in [2.24, 2.45) is 5.11 Å². The van der Waals surface area contributed by atoms with Gasteiger partial charge in [-0.25, -0.2) is 0 Å². The molecular formula is C6H10N3O+. The average Bonchev–Trinajstić information content (AvgIpc) is 1.87. The molecule has 0 aromatic rings. The van der Waals surface area contributed by atoms with Gasteiger partial charge in [-0.2, -0.15) is 0 Å². The first-order chi connectivity index (χ1) is 4.59. The molecule has 4 heteroatoms. The van der Waals surface area contributed by atoms with Gasteiger partial charge in [0.2, 0.25) is 10.0 Å². The van der Waals surface area contributed by atoms with Crippen LogP contribution in [0.4, 0.5) is 0 Å². The van der Waals surface area contributed by atoms with Crippen molar-refractivity contribution in [1.82, 2.24) is 4.91 Å². The molecule has 0 aliphatic rings. The first-order valence-electron chi connectivity index (χ1n) is 2.85. The Labute approximate surface area is 59.2 Å². The van der Waals surface area contributed by atoms with E-state index in [4.69, 9.17) is 5.53 Å². The third kappa shape index (κ3) is 2.33. The summed E-state index contributed by atoms with van der Waals surface area (Å²) >= 11 is 0. The highest BCUT2D eigenvalue weighted by atomic mass is 16.1. The fraction of sp³-hybridized carbons (Fsp3) is 0.500. The number of carbonyl (C=O) groups is 1. The minimum Gasteiger partial charge on any atom is -0.259 e. The van der Waals surface area contributed by atoms with Gasteiger partial charge in [-0.3, -0.25) is 4.79 Å². The minimum absolute atomic E-state index is 0.435. The van der Waals surface area contributed by atoms with Crippen LogP contribution in [0.25, 0.3) is 0 Å². The molecule has 0 atom stereocenters. The summed E-state index contributed by atoms with van der Waals surface area (Å²) in [4.78, 5) is 13.4. The number of hydrogen-bond donors (Lipinski definition) is 1. The molecule has 0 rings (SSSR count). The maximum Gasteiger partial charge on any atom is 0.356 e. The van der Waals surface area contributed by atoms with Gasteiger partial charge >= 0.3 is 5.91 Å². The molecule has 0 heterocycles. The molecular weight excluding hydrogens is 130 g/mol. The van der Waals surface area contributed by atoms with Gasteiger partial charge in [0.15, 0.2) is 0 Å². The van der Waals surface area contributed by atoms with Crippen molar-refractivity contribution in [2.45, 2.75) is 20.8 Å². The van der Waals surface area contributed by atoms with Crippen molar-refractivity contribution in [3.8, 4) is 0 Å². The summed E-state index contributed by atoms with van der Waals surface area (Å²) in [6.07, 6.45) is 0. The first-order valence-corrected chi connectivity index (χ1v) is 2.85. The molecule has 10 heavy (non-hydrogen) atoms. The zero-order valence-corrected chi connectivity index (χ0v) is 6.30. The third-order valence-corrected chi connectivity index (χ3v) is 1.21. The molecule has 0 spiro atoms. The molecule has 0 bridgehead atoms. The molecule has 1 N–H and O–H groups in total. The smallest absolute Gasteiger partial charge is 0.259 e. The molecule has 0 aliphatic carbocycles. The van der Waals surface area contributed by atoms with Crippen LogP contribution in [0.1, 0.15) is 20.8 Å². The Hall–Kier alpha value is -1.28. The van der Waals surface area contributed by atoms with Crippen molar-refractivity contribution >= 4 is 5.91 Å². The molecule has 0 aromatic heterocycles. The van der Waals surface area contributed by atoms with Gasteiger partial charge in [-0.05, 0) is 20.8 Å². The van der Waals surface area contributed by atoms with Crippen LogP contribution >= 0.6 is 0 Å². The summed E-state index contributed by atoms with van der Waals surface area (Å²) in [5.74, 6) is -0.435. The van der Waals surface area contributed by atoms with E-state index in [9.17, 15) is 4.79 Å². The molecule has 0 saturated heterocycles. The molecule has 0 saturated carbocycles. The summed E-state index contributed by atoms with van der Waals surface area (Å²) in [5, 5.41) is 3.04. The summed E-state index contributed by atoms with van der Waals surface area (Å²) in [7, 11) is 0. The minimum atomic E-state index is -0.435. The molecule has 4 nitrogen and oxygen atoms in total. The normalized spacial score (nSPS) is 7.90. The number of nitrogens with zero attached hydrogens (tertiary/aromatic N) is 2. The predicted octanol–water partition coefficient (Wildman–Crippen LogP) is 1.42. The van der Waals surface area contributed by atoms with Gasteiger partial charge in [-0.1, -0.05) is 5.57 Å². The standard InChI is InChI=1S/C6H10N3O/c1-4(2)5(3)6(10)8-9-7/h7H,1-3H3/q+1. The number of carbonyl (C=O) groups excluding carboxylic acids is 1.